The number of piperazine rings is 1. The second-order valence-electron chi connectivity index (χ2n) is 4.84. The van der Waals surface area contributed by atoms with Gasteiger partial charge in [0.25, 0.3) is 0 Å². The summed E-state index contributed by atoms with van der Waals surface area (Å²) in [4.78, 5) is 16.3. The summed E-state index contributed by atoms with van der Waals surface area (Å²) in [6.45, 7) is 5.47. The van der Waals surface area contributed by atoms with Crippen LogP contribution >= 0.6 is 36.2 Å². The minimum Gasteiger partial charge on any atom is -0.360 e. The Bertz CT molecular complexity index is 379. The molecular weight excluding hydrogens is 317 g/mol. The summed E-state index contributed by atoms with van der Waals surface area (Å²) < 4.78 is 0. The quantitative estimate of drug-likeness (QED) is 0.915. The van der Waals surface area contributed by atoms with Gasteiger partial charge >= 0.3 is 0 Å². The molecular formula is C13H23Cl2N3OS. The molecule has 2 rings (SSSR count). The molecule has 0 bridgehead atoms. The maximum atomic E-state index is 12.0. The summed E-state index contributed by atoms with van der Waals surface area (Å²) >= 11 is 1.76. The zero-order chi connectivity index (χ0) is 13.0. The van der Waals surface area contributed by atoms with E-state index in [-0.39, 0.29) is 36.8 Å². The number of carbonyl (C=O) groups excluding carboxylic acids is 1. The summed E-state index contributed by atoms with van der Waals surface area (Å²) in [7, 11) is 0. The molecule has 1 saturated heterocycles. The Balaban J connectivity index is 0.00000180. The largest absolute Gasteiger partial charge is 0.360 e. The first-order chi connectivity index (χ1) is 8.66. The third kappa shape index (κ3) is 5.48. The van der Waals surface area contributed by atoms with Gasteiger partial charge in [0.2, 0.25) is 5.91 Å². The van der Waals surface area contributed by atoms with Crippen molar-refractivity contribution in [2.24, 2.45) is 5.73 Å². The zero-order valence-corrected chi connectivity index (χ0v) is 14.1. The van der Waals surface area contributed by atoms with Gasteiger partial charge in [0.15, 0.2) is 0 Å². The monoisotopic (exact) mass is 339 g/mol. The van der Waals surface area contributed by atoms with Crippen molar-refractivity contribution in [3.63, 3.8) is 0 Å². The normalized spacial score (nSPS) is 16.1. The van der Waals surface area contributed by atoms with Crippen molar-refractivity contribution in [2.45, 2.75) is 25.8 Å². The summed E-state index contributed by atoms with van der Waals surface area (Å²) in [6, 6.07) is 4.32. The molecule has 2 heterocycles. The molecule has 20 heavy (non-hydrogen) atoms. The van der Waals surface area contributed by atoms with Crippen molar-refractivity contribution in [3.8, 4) is 0 Å². The lowest BCUT2D eigenvalue weighted by Crippen LogP contribution is -2.48. The van der Waals surface area contributed by atoms with E-state index in [0.29, 0.717) is 6.42 Å². The van der Waals surface area contributed by atoms with E-state index < -0.39 is 0 Å². The zero-order valence-electron chi connectivity index (χ0n) is 11.7. The molecule has 116 valence electrons. The van der Waals surface area contributed by atoms with Gasteiger partial charge in [0.1, 0.15) is 0 Å². The molecule has 0 aliphatic carbocycles. The topological polar surface area (TPSA) is 49.6 Å². The Labute approximate surface area is 137 Å². The minimum absolute atomic E-state index is 0. The standard InChI is InChI=1S/C13H21N3OS.2ClH/c1-11(14)4-5-12(17)15-6-8-16(9-7-15)13-3-2-10-18-13;;/h2-3,10-11H,4-9,14H2,1H3;2*1H. The number of amides is 1. The Morgan fingerprint density at radius 1 is 1.35 bits per heavy atom. The lowest BCUT2D eigenvalue weighted by molar-refractivity contribution is -0.131. The second kappa shape index (κ2) is 9.45. The van der Waals surface area contributed by atoms with E-state index in [1.807, 2.05) is 11.8 Å². The highest BCUT2D eigenvalue weighted by Crippen LogP contribution is 2.22. The smallest absolute Gasteiger partial charge is 0.222 e. The molecule has 1 unspecified atom stereocenters. The van der Waals surface area contributed by atoms with E-state index in [9.17, 15) is 4.79 Å². The first-order valence-electron chi connectivity index (χ1n) is 6.48. The molecule has 1 atom stereocenters. The SMILES string of the molecule is CC(N)CCC(=O)N1CCN(c2cccs2)CC1.Cl.Cl. The fourth-order valence-electron chi connectivity index (χ4n) is 2.14. The Hall–Kier alpha value is -0.490. The highest BCUT2D eigenvalue weighted by Gasteiger charge is 2.21. The Morgan fingerprint density at radius 2 is 2.00 bits per heavy atom. The molecule has 2 N–H and O–H groups in total. The summed E-state index contributed by atoms with van der Waals surface area (Å²) in [5.41, 5.74) is 5.68. The molecule has 1 aliphatic rings. The first kappa shape index (κ1) is 19.5. The average Bonchev–Trinajstić information content (AvgIpc) is 2.90. The molecule has 7 heteroatoms. The van der Waals surface area contributed by atoms with Gasteiger partial charge in [-0.3, -0.25) is 4.79 Å². The molecule has 0 spiro atoms. The van der Waals surface area contributed by atoms with E-state index in [1.165, 1.54) is 5.00 Å². The van der Waals surface area contributed by atoms with E-state index in [0.717, 1.165) is 32.6 Å². The third-order valence-corrected chi connectivity index (χ3v) is 4.19. The number of hydrogen-bond acceptors (Lipinski definition) is 4. The van der Waals surface area contributed by atoms with Gasteiger partial charge in [-0.25, -0.2) is 0 Å². The van der Waals surface area contributed by atoms with Crippen LogP contribution in [0.25, 0.3) is 0 Å². The van der Waals surface area contributed by atoms with Gasteiger partial charge in [-0.05, 0) is 30.9 Å². The van der Waals surface area contributed by atoms with Crippen molar-refractivity contribution < 1.29 is 4.79 Å². The van der Waals surface area contributed by atoms with Crippen LogP contribution in [0.15, 0.2) is 17.5 Å². The number of thiophene rings is 1. The van der Waals surface area contributed by atoms with Crippen LogP contribution in [0.1, 0.15) is 19.8 Å². The van der Waals surface area contributed by atoms with Crippen LogP contribution in [-0.2, 0) is 4.79 Å². The molecule has 1 aliphatic heterocycles. The third-order valence-electron chi connectivity index (χ3n) is 3.26. The molecule has 1 aromatic rings. The van der Waals surface area contributed by atoms with Gasteiger partial charge in [-0.2, -0.15) is 0 Å². The van der Waals surface area contributed by atoms with E-state index in [4.69, 9.17) is 5.73 Å². The van der Waals surface area contributed by atoms with Crippen LogP contribution in [-0.4, -0.2) is 43.0 Å². The maximum absolute atomic E-state index is 12.0. The van der Waals surface area contributed by atoms with Gasteiger partial charge in [0.05, 0.1) is 5.00 Å². The Kier molecular flexibility index (Phi) is 9.22. The lowest BCUT2D eigenvalue weighted by Gasteiger charge is -2.35. The molecule has 0 saturated carbocycles. The van der Waals surface area contributed by atoms with Crippen LogP contribution < -0.4 is 10.6 Å². The molecule has 0 aromatic carbocycles. The Morgan fingerprint density at radius 3 is 2.50 bits per heavy atom. The van der Waals surface area contributed by atoms with E-state index in [1.54, 1.807) is 11.3 Å². The highest BCUT2D eigenvalue weighted by molar-refractivity contribution is 7.14. The van der Waals surface area contributed by atoms with Gasteiger partial charge in [-0.1, -0.05) is 0 Å². The number of nitrogens with two attached hydrogens (primary N) is 1. The summed E-state index contributed by atoms with van der Waals surface area (Å²) in [6.07, 6.45) is 1.36. The molecule has 1 amide bonds. The average molecular weight is 340 g/mol. The predicted octanol–water partition coefficient (Wildman–Crippen LogP) is 2.37. The van der Waals surface area contributed by atoms with Crippen molar-refractivity contribution in [1.82, 2.24) is 4.90 Å². The minimum atomic E-state index is 0. The van der Waals surface area contributed by atoms with Crippen LogP contribution in [0.5, 0.6) is 0 Å². The van der Waals surface area contributed by atoms with Crippen molar-refractivity contribution in [2.75, 3.05) is 31.1 Å². The predicted molar refractivity (Wildman–Crippen MR) is 90.5 cm³/mol. The number of hydrogen-bond donors (Lipinski definition) is 1. The molecule has 4 nitrogen and oxygen atoms in total. The number of nitrogens with zero attached hydrogens (tertiary/aromatic N) is 2. The number of carbonyl (C=O) groups is 1. The lowest BCUT2D eigenvalue weighted by atomic mass is 10.1. The van der Waals surface area contributed by atoms with Gasteiger partial charge in [-0.15, -0.1) is 36.2 Å². The first-order valence-corrected chi connectivity index (χ1v) is 7.36. The van der Waals surface area contributed by atoms with Crippen molar-refractivity contribution >= 4 is 47.1 Å². The van der Waals surface area contributed by atoms with Crippen LogP contribution in [0.2, 0.25) is 0 Å². The van der Waals surface area contributed by atoms with E-state index in [2.05, 4.69) is 22.4 Å². The summed E-state index contributed by atoms with van der Waals surface area (Å²) in [5.74, 6) is 0.248. The summed E-state index contributed by atoms with van der Waals surface area (Å²) in [5, 5.41) is 3.40. The fraction of sp³-hybridized carbons (Fsp3) is 0.615. The van der Waals surface area contributed by atoms with Gasteiger partial charge < -0.3 is 15.5 Å². The van der Waals surface area contributed by atoms with Crippen molar-refractivity contribution in [3.05, 3.63) is 17.5 Å². The second-order valence-corrected chi connectivity index (χ2v) is 5.76. The molecule has 1 aromatic heterocycles. The van der Waals surface area contributed by atoms with Crippen molar-refractivity contribution in [1.29, 1.82) is 0 Å². The highest BCUT2D eigenvalue weighted by atomic mass is 35.5. The maximum Gasteiger partial charge on any atom is 0.222 e. The molecule has 0 radical (unpaired) electrons. The number of halogens is 2. The van der Waals surface area contributed by atoms with Crippen LogP contribution in [0.4, 0.5) is 5.00 Å². The van der Waals surface area contributed by atoms with E-state index >= 15 is 0 Å². The molecule has 1 fully saturated rings. The fourth-order valence-corrected chi connectivity index (χ4v) is 2.92. The van der Waals surface area contributed by atoms with Crippen LogP contribution in [0.3, 0.4) is 0 Å². The number of anilines is 1. The van der Waals surface area contributed by atoms with Gasteiger partial charge in [0, 0.05) is 38.6 Å². The van der Waals surface area contributed by atoms with Crippen LogP contribution in [0, 0.1) is 0 Å². The number of rotatable bonds is 4.